The molecule has 0 saturated heterocycles. The number of rotatable bonds is 9. The SMILES string of the molecule is CC(C)Cn1cnc2c1c(=O)n(CC(=O)NCCC1=CCCCC1)c(=O)n2Cc1ccccc1. The fourth-order valence-electron chi connectivity index (χ4n) is 4.51. The molecule has 0 radical (unpaired) electrons. The van der Waals surface area contributed by atoms with E-state index >= 15 is 0 Å². The van der Waals surface area contributed by atoms with Crippen LogP contribution in [0.3, 0.4) is 0 Å². The van der Waals surface area contributed by atoms with Crippen LogP contribution in [0.2, 0.25) is 0 Å². The van der Waals surface area contributed by atoms with Gasteiger partial charge in [0, 0.05) is 13.1 Å². The molecule has 180 valence electrons. The van der Waals surface area contributed by atoms with E-state index in [0.717, 1.165) is 29.4 Å². The lowest BCUT2D eigenvalue weighted by molar-refractivity contribution is -0.121. The van der Waals surface area contributed by atoms with Crippen molar-refractivity contribution in [2.75, 3.05) is 6.54 Å². The molecule has 1 N–H and O–H groups in total. The van der Waals surface area contributed by atoms with Crippen LogP contribution in [-0.2, 0) is 24.4 Å². The van der Waals surface area contributed by atoms with E-state index in [1.807, 2.05) is 30.3 Å². The average molecular weight is 464 g/mol. The van der Waals surface area contributed by atoms with Crippen molar-refractivity contribution in [2.24, 2.45) is 5.92 Å². The smallest absolute Gasteiger partial charge is 0.333 e. The van der Waals surface area contributed by atoms with Crippen LogP contribution in [0.25, 0.3) is 11.2 Å². The lowest BCUT2D eigenvalue weighted by atomic mass is 9.97. The van der Waals surface area contributed by atoms with Crippen LogP contribution in [0.15, 0.2) is 57.9 Å². The first-order valence-corrected chi connectivity index (χ1v) is 12.1. The van der Waals surface area contributed by atoms with Crippen molar-refractivity contribution < 1.29 is 4.79 Å². The summed E-state index contributed by atoms with van der Waals surface area (Å²) in [5, 5.41) is 2.88. The Hall–Kier alpha value is -3.42. The van der Waals surface area contributed by atoms with E-state index < -0.39 is 11.2 Å². The van der Waals surface area contributed by atoms with Gasteiger partial charge in [-0.25, -0.2) is 14.3 Å². The highest BCUT2D eigenvalue weighted by molar-refractivity contribution is 5.76. The van der Waals surface area contributed by atoms with Gasteiger partial charge in [-0.05, 0) is 43.6 Å². The van der Waals surface area contributed by atoms with Crippen LogP contribution < -0.4 is 16.6 Å². The minimum Gasteiger partial charge on any atom is -0.354 e. The molecule has 0 saturated carbocycles. The van der Waals surface area contributed by atoms with Crippen molar-refractivity contribution in [1.29, 1.82) is 0 Å². The number of hydrogen-bond acceptors (Lipinski definition) is 4. The highest BCUT2D eigenvalue weighted by atomic mass is 16.2. The van der Waals surface area contributed by atoms with E-state index in [1.54, 1.807) is 10.9 Å². The summed E-state index contributed by atoms with van der Waals surface area (Å²) in [6, 6.07) is 9.56. The molecule has 0 fully saturated rings. The van der Waals surface area contributed by atoms with Crippen LogP contribution in [0, 0.1) is 5.92 Å². The second-order valence-electron chi connectivity index (χ2n) is 9.42. The Kier molecular flexibility index (Phi) is 7.45. The number of carbonyl (C=O) groups excluding carboxylic acids is 1. The Morgan fingerprint density at radius 2 is 1.91 bits per heavy atom. The third-order valence-corrected chi connectivity index (χ3v) is 6.18. The van der Waals surface area contributed by atoms with Crippen LogP contribution >= 0.6 is 0 Å². The number of allylic oxidation sites excluding steroid dienone is 1. The molecule has 0 bridgehead atoms. The van der Waals surface area contributed by atoms with Gasteiger partial charge in [-0.3, -0.25) is 14.2 Å². The Balaban J connectivity index is 1.64. The highest BCUT2D eigenvalue weighted by Gasteiger charge is 2.20. The Morgan fingerprint density at radius 1 is 1.12 bits per heavy atom. The molecule has 2 aromatic heterocycles. The standard InChI is InChI=1S/C26H33N5O3/c1-19(2)15-29-18-28-24-23(29)25(33)31(26(34)30(24)16-21-11-7-4-8-12-21)17-22(32)27-14-13-20-9-5-3-6-10-20/h4,7-9,11-12,18-19H,3,5-6,10,13-17H2,1-2H3,(H,27,32). The number of nitrogens with zero attached hydrogens (tertiary/aromatic N) is 4. The molecule has 1 amide bonds. The van der Waals surface area contributed by atoms with Crippen LogP contribution in [0.1, 0.15) is 51.5 Å². The summed E-state index contributed by atoms with van der Waals surface area (Å²) in [6.45, 7) is 5.17. The third-order valence-electron chi connectivity index (χ3n) is 6.18. The summed E-state index contributed by atoms with van der Waals surface area (Å²) < 4.78 is 4.31. The Morgan fingerprint density at radius 3 is 2.62 bits per heavy atom. The molecule has 2 heterocycles. The molecule has 3 aromatic rings. The van der Waals surface area contributed by atoms with E-state index in [2.05, 4.69) is 30.2 Å². The molecule has 0 spiro atoms. The Labute approximate surface area is 198 Å². The number of amides is 1. The zero-order valence-corrected chi connectivity index (χ0v) is 20.0. The summed E-state index contributed by atoms with van der Waals surface area (Å²) in [7, 11) is 0. The zero-order valence-electron chi connectivity index (χ0n) is 20.0. The molecule has 0 atom stereocenters. The molecule has 4 rings (SSSR count). The van der Waals surface area contributed by atoms with Crippen LogP contribution in [0.4, 0.5) is 0 Å². The predicted octanol–water partition coefficient (Wildman–Crippen LogP) is 3.07. The zero-order chi connectivity index (χ0) is 24.1. The van der Waals surface area contributed by atoms with Gasteiger partial charge in [-0.2, -0.15) is 0 Å². The lowest BCUT2D eigenvalue weighted by Gasteiger charge is -2.15. The van der Waals surface area contributed by atoms with Crippen LogP contribution in [-0.4, -0.2) is 31.1 Å². The minimum absolute atomic E-state index is 0.269. The first-order valence-electron chi connectivity index (χ1n) is 12.1. The van der Waals surface area contributed by atoms with Crippen molar-refractivity contribution in [1.82, 2.24) is 24.0 Å². The number of aromatic nitrogens is 4. The number of fused-ring (bicyclic) bond motifs is 1. The first kappa shape index (κ1) is 23.7. The topological polar surface area (TPSA) is 90.9 Å². The molecule has 1 aliphatic carbocycles. The fourth-order valence-corrected chi connectivity index (χ4v) is 4.51. The van der Waals surface area contributed by atoms with Crippen molar-refractivity contribution in [2.45, 2.75) is 65.6 Å². The van der Waals surface area contributed by atoms with E-state index in [-0.39, 0.29) is 24.9 Å². The number of nitrogens with one attached hydrogen (secondary N) is 1. The first-order chi connectivity index (χ1) is 16.4. The molecule has 8 heteroatoms. The van der Waals surface area contributed by atoms with Gasteiger partial charge in [0.2, 0.25) is 5.91 Å². The quantitative estimate of drug-likeness (QED) is 0.494. The molecule has 0 aliphatic heterocycles. The summed E-state index contributed by atoms with van der Waals surface area (Å²) in [5.41, 5.74) is 1.98. The number of hydrogen-bond donors (Lipinski definition) is 1. The van der Waals surface area contributed by atoms with Gasteiger partial charge >= 0.3 is 5.69 Å². The molecular formula is C26H33N5O3. The number of carbonyl (C=O) groups is 1. The minimum atomic E-state index is -0.527. The third kappa shape index (κ3) is 5.38. The van der Waals surface area contributed by atoms with Crippen molar-refractivity contribution in [3.63, 3.8) is 0 Å². The summed E-state index contributed by atoms with van der Waals surface area (Å²) >= 11 is 0. The average Bonchev–Trinajstić information content (AvgIpc) is 3.24. The molecule has 0 unspecified atom stereocenters. The van der Waals surface area contributed by atoms with Crippen molar-refractivity contribution >= 4 is 17.1 Å². The monoisotopic (exact) mass is 463 g/mol. The van der Waals surface area contributed by atoms with Gasteiger partial charge in [-0.15, -0.1) is 0 Å². The van der Waals surface area contributed by atoms with Crippen molar-refractivity contribution in [3.05, 3.63) is 74.7 Å². The number of imidazole rings is 1. The highest BCUT2D eigenvalue weighted by Crippen LogP contribution is 2.19. The molecular weight excluding hydrogens is 430 g/mol. The van der Waals surface area contributed by atoms with E-state index in [9.17, 15) is 14.4 Å². The van der Waals surface area contributed by atoms with Crippen molar-refractivity contribution in [3.8, 4) is 0 Å². The normalized spacial score (nSPS) is 13.9. The largest absolute Gasteiger partial charge is 0.354 e. The van der Waals surface area contributed by atoms with Gasteiger partial charge in [0.15, 0.2) is 11.2 Å². The summed E-state index contributed by atoms with van der Waals surface area (Å²) in [4.78, 5) is 43.9. The number of benzene rings is 1. The predicted molar refractivity (Wildman–Crippen MR) is 133 cm³/mol. The maximum atomic E-state index is 13.4. The molecule has 8 nitrogen and oxygen atoms in total. The van der Waals surface area contributed by atoms with Gasteiger partial charge < -0.3 is 9.88 Å². The Bertz CT molecular complexity index is 1300. The van der Waals surface area contributed by atoms with E-state index in [4.69, 9.17) is 0 Å². The van der Waals surface area contributed by atoms with Gasteiger partial charge in [0.25, 0.3) is 5.56 Å². The van der Waals surface area contributed by atoms with E-state index in [1.165, 1.54) is 23.0 Å². The maximum Gasteiger partial charge on any atom is 0.333 e. The van der Waals surface area contributed by atoms with E-state index in [0.29, 0.717) is 24.3 Å². The lowest BCUT2D eigenvalue weighted by Crippen LogP contribution is -2.44. The second-order valence-corrected chi connectivity index (χ2v) is 9.42. The second kappa shape index (κ2) is 10.7. The molecule has 1 aliphatic rings. The molecule has 1 aromatic carbocycles. The maximum absolute atomic E-state index is 13.4. The summed E-state index contributed by atoms with van der Waals surface area (Å²) in [5.74, 6) is -0.0479. The fraction of sp³-hybridized carbons (Fsp3) is 0.462. The molecule has 34 heavy (non-hydrogen) atoms. The summed E-state index contributed by atoms with van der Waals surface area (Å²) in [6.07, 6.45) is 9.27. The van der Waals surface area contributed by atoms with Gasteiger partial charge in [-0.1, -0.05) is 55.8 Å². The van der Waals surface area contributed by atoms with Gasteiger partial charge in [0.05, 0.1) is 12.9 Å². The van der Waals surface area contributed by atoms with Crippen LogP contribution in [0.5, 0.6) is 0 Å². The van der Waals surface area contributed by atoms with Gasteiger partial charge in [0.1, 0.15) is 6.54 Å².